The number of nitrogens with one attached hydrogen (secondary N) is 1. The van der Waals surface area contributed by atoms with Crippen molar-refractivity contribution in [2.24, 2.45) is 0 Å². The van der Waals surface area contributed by atoms with Crippen LogP contribution in [0.2, 0.25) is 0 Å². The Morgan fingerprint density at radius 2 is 1.75 bits per heavy atom. The summed E-state index contributed by atoms with van der Waals surface area (Å²) in [6.07, 6.45) is -4.66. The summed E-state index contributed by atoms with van der Waals surface area (Å²) in [6.45, 7) is 0. The summed E-state index contributed by atoms with van der Waals surface area (Å²) in [4.78, 5) is 21.3. The standard InChI is InChI=1S/C19H17F3N4OS/c1-26(2)13-9-7-12(8-10-13)23-16(27)11-28-17-14-5-3-4-6-15(14)24-18(25-17)19(20,21)22/h3-10H,11H2,1-2H3,(H,23,27). The van der Waals surface area contributed by atoms with Gasteiger partial charge in [-0.25, -0.2) is 9.97 Å². The van der Waals surface area contributed by atoms with Crippen LogP contribution in [0.3, 0.4) is 0 Å². The van der Waals surface area contributed by atoms with Crippen LogP contribution in [0.5, 0.6) is 0 Å². The Morgan fingerprint density at radius 1 is 1.07 bits per heavy atom. The van der Waals surface area contributed by atoms with Gasteiger partial charge in [-0.2, -0.15) is 13.2 Å². The predicted molar refractivity (Wildman–Crippen MR) is 105 cm³/mol. The molecule has 0 radical (unpaired) electrons. The third-order valence-electron chi connectivity index (χ3n) is 3.83. The smallest absolute Gasteiger partial charge is 0.378 e. The number of rotatable bonds is 5. The van der Waals surface area contributed by atoms with E-state index in [0.717, 1.165) is 17.4 Å². The molecular formula is C19H17F3N4OS. The van der Waals surface area contributed by atoms with Crippen molar-refractivity contribution in [1.29, 1.82) is 0 Å². The molecule has 3 aromatic rings. The van der Waals surface area contributed by atoms with E-state index in [1.54, 1.807) is 30.3 Å². The molecule has 0 saturated carbocycles. The van der Waals surface area contributed by atoms with Crippen molar-refractivity contribution in [3.05, 3.63) is 54.4 Å². The summed E-state index contributed by atoms with van der Waals surface area (Å²) >= 11 is 0.944. The van der Waals surface area contributed by atoms with Crippen LogP contribution in [0.4, 0.5) is 24.5 Å². The first-order chi connectivity index (χ1) is 13.2. The first kappa shape index (κ1) is 19.9. The highest BCUT2D eigenvalue weighted by Crippen LogP contribution is 2.32. The van der Waals surface area contributed by atoms with Crippen molar-refractivity contribution in [3.63, 3.8) is 0 Å². The zero-order chi connectivity index (χ0) is 20.3. The van der Waals surface area contributed by atoms with Gasteiger partial charge in [0.25, 0.3) is 0 Å². The van der Waals surface area contributed by atoms with E-state index < -0.39 is 12.0 Å². The normalized spacial score (nSPS) is 11.5. The molecule has 0 spiro atoms. The molecule has 146 valence electrons. The molecule has 1 heterocycles. The summed E-state index contributed by atoms with van der Waals surface area (Å²) in [6, 6.07) is 13.7. The van der Waals surface area contributed by atoms with Gasteiger partial charge in [0, 0.05) is 30.9 Å². The molecule has 3 rings (SSSR count). The van der Waals surface area contributed by atoms with Crippen LogP contribution in [-0.2, 0) is 11.0 Å². The maximum Gasteiger partial charge on any atom is 0.451 e. The lowest BCUT2D eigenvalue weighted by molar-refractivity contribution is -0.145. The quantitative estimate of drug-likeness (QED) is 0.501. The molecule has 0 atom stereocenters. The molecule has 1 amide bonds. The molecule has 0 aliphatic carbocycles. The zero-order valence-electron chi connectivity index (χ0n) is 15.1. The van der Waals surface area contributed by atoms with Crippen LogP contribution < -0.4 is 10.2 Å². The average Bonchev–Trinajstić information content (AvgIpc) is 2.65. The van der Waals surface area contributed by atoms with Gasteiger partial charge in [0.05, 0.1) is 11.3 Å². The first-order valence-corrected chi connectivity index (χ1v) is 9.26. The number of carbonyl (C=O) groups excluding carboxylic acids is 1. The van der Waals surface area contributed by atoms with E-state index >= 15 is 0 Å². The first-order valence-electron chi connectivity index (χ1n) is 8.28. The summed E-state index contributed by atoms with van der Waals surface area (Å²) in [5, 5.41) is 3.32. The number of hydrogen-bond acceptors (Lipinski definition) is 5. The number of benzene rings is 2. The van der Waals surface area contributed by atoms with E-state index in [0.29, 0.717) is 11.1 Å². The zero-order valence-corrected chi connectivity index (χ0v) is 15.9. The lowest BCUT2D eigenvalue weighted by Crippen LogP contribution is -2.15. The van der Waals surface area contributed by atoms with Crippen LogP contribution in [0, 0.1) is 0 Å². The van der Waals surface area contributed by atoms with Gasteiger partial charge >= 0.3 is 6.18 Å². The monoisotopic (exact) mass is 406 g/mol. The number of aromatic nitrogens is 2. The van der Waals surface area contributed by atoms with Crippen molar-refractivity contribution in [3.8, 4) is 0 Å². The maximum absolute atomic E-state index is 13.1. The van der Waals surface area contributed by atoms with Gasteiger partial charge in [0.15, 0.2) is 0 Å². The number of halogens is 3. The van der Waals surface area contributed by atoms with E-state index in [2.05, 4.69) is 15.3 Å². The second-order valence-corrected chi connectivity index (χ2v) is 7.11. The number of carbonyl (C=O) groups is 1. The van der Waals surface area contributed by atoms with E-state index in [4.69, 9.17) is 0 Å². The van der Waals surface area contributed by atoms with Crippen molar-refractivity contribution < 1.29 is 18.0 Å². The number of para-hydroxylation sites is 1. The lowest BCUT2D eigenvalue weighted by Gasteiger charge is -2.13. The van der Waals surface area contributed by atoms with Crippen LogP contribution >= 0.6 is 11.8 Å². The molecule has 2 aromatic carbocycles. The lowest BCUT2D eigenvalue weighted by atomic mass is 10.2. The van der Waals surface area contributed by atoms with E-state index in [9.17, 15) is 18.0 Å². The largest absolute Gasteiger partial charge is 0.451 e. The third-order valence-corrected chi connectivity index (χ3v) is 4.82. The molecule has 0 unspecified atom stereocenters. The van der Waals surface area contributed by atoms with Crippen LogP contribution in [-0.4, -0.2) is 35.7 Å². The second-order valence-electron chi connectivity index (χ2n) is 6.15. The Hall–Kier alpha value is -2.81. The summed E-state index contributed by atoms with van der Waals surface area (Å²) in [5.74, 6) is -1.62. The number of anilines is 2. The van der Waals surface area contributed by atoms with Gasteiger partial charge in [-0.1, -0.05) is 30.0 Å². The van der Waals surface area contributed by atoms with Crippen molar-refractivity contribution >= 4 is 39.9 Å². The highest BCUT2D eigenvalue weighted by atomic mass is 32.2. The minimum atomic E-state index is -4.66. The van der Waals surface area contributed by atoms with Gasteiger partial charge in [-0.3, -0.25) is 4.79 Å². The third kappa shape index (κ3) is 4.72. The minimum Gasteiger partial charge on any atom is -0.378 e. The Bertz CT molecular complexity index is 991. The van der Waals surface area contributed by atoms with Gasteiger partial charge in [-0.05, 0) is 30.3 Å². The summed E-state index contributed by atoms with van der Waals surface area (Å²) in [5.41, 5.74) is 1.78. The number of nitrogens with zero attached hydrogens (tertiary/aromatic N) is 3. The molecule has 0 bridgehead atoms. The van der Waals surface area contributed by atoms with Crippen molar-refractivity contribution in [2.75, 3.05) is 30.1 Å². The number of hydrogen-bond donors (Lipinski definition) is 1. The number of alkyl halides is 3. The fourth-order valence-electron chi connectivity index (χ4n) is 2.46. The van der Waals surface area contributed by atoms with Crippen molar-refractivity contribution in [2.45, 2.75) is 11.2 Å². The summed E-state index contributed by atoms with van der Waals surface area (Å²) < 4.78 is 39.2. The molecule has 5 nitrogen and oxygen atoms in total. The molecule has 0 aliphatic heterocycles. The van der Waals surface area contributed by atoms with E-state index in [1.165, 1.54) is 6.07 Å². The topological polar surface area (TPSA) is 58.1 Å². The predicted octanol–water partition coefficient (Wildman–Crippen LogP) is 4.45. The molecule has 0 saturated heterocycles. The molecular weight excluding hydrogens is 389 g/mol. The molecule has 1 aromatic heterocycles. The Morgan fingerprint density at radius 3 is 2.39 bits per heavy atom. The van der Waals surface area contributed by atoms with Gasteiger partial charge in [0.2, 0.25) is 11.7 Å². The SMILES string of the molecule is CN(C)c1ccc(NC(=O)CSc2nc(C(F)(F)F)nc3ccccc23)cc1. The molecule has 9 heteroatoms. The van der Waals surface area contributed by atoms with Crippen LogP contribution in [0.15, 0.2) is 53.6 Å². The molecule has 0 aliphatic rings. The van der Waals surface area contributed by atoms with Crippen molar-refractivity contribution in [1.82, 2.24) is 9.97 Å². The Labute approximate surface area is 164 Å². The van der Waals surface area contributed by atoms with Gasteiger partial charge < -0.3 is 10.2 Å². The maximum atomic E-state index is 13.1. The van der Waals surface area contributed by atoms with Crippen LogP contribution in [0.25, 0.3) is 10.9 Å². The van der Waals surface area contributed by atoms with Gasteiger partial charge in [0.1, 0.15) is 5.03 Å². The average molecular weight is 406 g/mol. The number of fused-ring (bicyclic) bond motifs is 1. The number of amides is 1. The summed E-state index contributed by atoms with van der Waals surface area (Å²) in [7, 11) is 3.82. The fourth-order valence-corrected chi connectivity index (χ4v) is 3.28. The molecule has 28 heavy (non-hydrogen) atoms. The molecule has 1 N–H and O–H groups in total. The molecule has 0 fully saturated rings. The highest BCUT2D eigenvalue weighted by Gasteiger charge is 2.35. The van der Waals surface area contributed by atoms with E-state index in [1.807, 2.05) is 31.1 Å². The minimum absolute atomic E-state index is 0.0757. The van der Waals surface area contributed by atoms with Gasteiger partial charge in [-0.15, -0.1) is 0 Å². The number of thioether (sulfide) groups is 1. The highest BCUT2D eigenvalue weighted by molar-refractivity contribution is 8.00. The van der Waals surface area contributed by atoms with Crippen LogP contribution in [0.1, 0.15) is 5.82 Å². The van der Waals surface area contributed by atoms with E-state index in [-0.39, 0.29) is 22.2 Å². The Balaban J connectivity index is 1.74. The Kier molecular flexibility index (Phi) is 5.73. The fraction of sp³-hybridized carbons (Fsp3) is 0.211. The second kappa shape index (κ2) is 8.05.